The van der Waals surface area contributed by atoms with E-state index in [4.69, 9.17) is 0 Å². The van der Waals surface area contributed by atoms with E-state index in [0.717, 1.165) is 24.1 Å². The first-order chi connectivity index (χ1) is 9.67. The molecule has 2 rings (SSSR count). The molecule has 0 saturated heterocycles. The maximum Gasteiger partial charge on any atom is 0.252 e. The third-order valence-corrected chi connectivity index (χ3v) is 2.73. The molecular weight excluding hydrogens is 252 g/mol. The lowest BCUT2D eigenvalue weighted by molar-refractivity contribution is 0.867. The van der Waals surface area contributed by atoms with Crippen molar-refractivity contribution in [2.24, 2.45) is 5.10 Å². The highest BCUT2D eigenvalue weighted by atomic mass is 16.1. The molecule has 0 saturated carbocycles. The monoisotopic (exact) mass is 270 g/mol. The summed E-state index contributed by atoms with van der Waals surface area (Å²) in [6, 6.07) is 9.49. The summed E-state index contributed by atoms with van der Waals surface area (Å²) < 4.78 is 0. The van der Waals surface area contributed by atoms with Crippen molar-refractivity contribution in [3.05, 3.63) is 57.5 Å². The Labute approximate surface area is 117 Å². The first-order valence-electron chi connectivity index (χ1n) is 6.63. The summed E-state index contributed by atoms with van der Waals surface area (Å²) in [5.74, 6) is 0.366. The van der Waals surface area contributed by atoms with E-state index in [-0.39, 0.29) is 5.56 Å². The highest BCUT2D eigenvalue weighted by Crippen LogP contribution is 2.02. The summed E-state index contributed by atoms with van der Waals surface area (Å²) in [6.07, 6.45) is 3.42. The quantitative estimate of drug-likeness (QED) is 0.647. The largest absolute Gasteiger partial charge is 0.291 e. The lowest BCUT2D eigenvalue weighted by Gasteiger charge is -2.02. The molecule has 104 valence electrons. The van der Waals surface area contributed by atoms with E-state index in [9.17, 15) is 4.79 Å². The molecule has 0 bridgehead atoms. The van der Waals surface area contributed by atoms with Crippen LogP contribution in [0, 0.1) is 6.92 Å². The van der Waals surface area contributed by atoms with Crippen LogP contribution in [-0.2, 0) is 6.42 Å². The van der Waals surface area contributed by atoms with Crippen LogP contribution in [0.2, 0.25) is 0 Å². The Kier molecular flexibility index (Phi) is 4.65. The van der Waals surface area contributed by atoms with Gasteiger partial charge in [-0.05, 0) is 18.9 Å². The second kappa shape index (κ2) is 6.65. The molecule has 2 N–H and O–H groups in total. The van der Waals surface area contributed by atoms with E-state index in [1.54, 1.807) is 6.21 Å². The van der Waals surface area contributed by atoms with Crippen molar-refractivity contribution < 1.29 is 0 Å². The van der Waals surface area contributed by atoms with Crippen LogP contribution in [0.25, 0.3) is 0 Å². The van der Waals surface area contributed by atoms with Crippen molar-refractivity contribution in [1.82, 2.24) is 9.97 Å². The van der Waals surface area contributed by atoms with Gasteiger partial charge in [0.05, 0.1) is 6.21 Å². The van der Waals surface area contributed by atoms with Gasteiger partial charge in [0.1, 0.15) is 0 Å². The van der Waals surface area contributed by atoms with Crippen LogP contribution in [0.15, 0.2) is 40.2 Å². The lowest BCUT2D eigenvalue weighted by Crippen LogP contribution is -2.11. The fraction of sp³-hybridized carbons (Fsp3) is 0.267. The number of hydrogen-bond acceptors (Lipinski definition) is 4. The fourth-order valence-electron chi connectivity index (χ4n) is 1.86. The number of H-pyrrole nitrogens is 1. The topological polar surface area (TPSA) is 70.1 Å². The molecule has 2 aromatic rings. The van der Waals surface area contributed by atoms with Crippen LogP contribution in [-0.4, -0.2) is 16.2 Å². The third kappa shape index (κ3) is 4.05. The predicted molar refractivity (Wildman–Crippen MR) is 81.2 cm³/mol. The van der Waals surface area contributed by atoms with Gasteiger partial charge >= 0.3 is 0 Å². The zero-order valence-electron chi connectivity index (χ0n) is 11.7. The molecule has 0 amide bonds. The van der Waals surface area contributed by atoms with E-state index in [0.29, 0.717) is 5.95 Å². The predicted octanol–water partition coefficient (Wildman–Crippen LogP) is 2.48. The average molecular weight is 270 g/mol. The number of nitrogens with one attached hydrogen (secondary N) is 2. The Morgan fingerprint density at radius 2 is 2.25 bits per heavy atom. The third-order valence-electron chi connectivity index (χ3n) is 2.73. The number of hydrazone groups is 1. The molecule has 0 spiro atoms. The second-order valence-corrected chi connectivity index (χ2v) is 4.62. The van der Waals surface area contributed by atoms with Gasteiger partial charge in [0.25, 0.3) is 5.56 Å². The molecule has 5 nitrogen and oxygen atoms in total. The molecule has 0 aliphatic rings. The van der Waals surface area contributed by atoms with Crippen LogP contribution >= 0.6 is 0 Å². The van der Waals surface area contributed by atoms with Gasteiger partial charge in [-0.25, -0.2) is 10.4 Å². The number of benzene rings is 1. The minimum Gasteiger partial charge on any atom is -0.291 e. The standard InChI is InChI=1S/C15H18N4O/c1-3-5-13-9-14(20)18-15(17-13)19-16-10-12-7-4-6-11(2)8-12/h4,6-10H,3,5H2,1-2H3,(H2,17,18,19,20)/b16-10+. The van der Waals surface area contributed by atoms with E-state index in [1.165, 1.54) is 11.6 Å². The van der Waals surface area contributed by atoms with Crippen LogP contribution in [0.1, 0.15) is 30.2 Å². The van der Waals surface area contributed by atoms with Gasteiger partial charge in [0, 0.05) is 11.8 Å². The van der Waals surface area contributed by atoms with E-state index < -0.39 is 0 Å². The first-order valence-corrected chi connectivity index (χ1v) is 6.63. The molecular formula is C15H18N4O. The number of hydrogen-bond donors (Lipinski definition) is 2. The van der Waals surface area contributed by atoms with Crippen molar-refractivity contribution in [3.63, 3.8) is 0 Å². The van der Waals surface area contributed by atoms with Gasteiger partial charge in [-0.2, -0.15) is 5.10 Å². The highest BCUT2D eigenvalue weighted by molar-refractivity contribution is 5.80. The highest BCUT2D eigenvalue weighted by Gasteiger charge is 1.99. The van der Waals surface area contributed by atoms with Gasteiger partial charge in [-0.3, -0.25) is 9.78 Å². The summed E-state index contributed by atoms with van der Waals surface area (Å²) in [6.45, 7) is 4.07. The normalized spacial score (nSPS) is 10.9. The Bertz CT molecular complexity index is 661. The van der Waals surface area contributed by atoms with Crippen molar-refractivity contribution >= 4 is 12.2 Å². The SMILES string of the molecule is CCCc1cc(=O)[nH]c(N/N=C/c2cccc(C)c2)n1. The Hall–Kier alpha value is -2.43. The van der Waals surface area contributed by atoms with Crippen LogP contribution in [0.4, 0.5) is 5.95 Å². The Morgan fingerprint density at radius 1 is 1.40 bits per heavy atom. The van der Waals surface area contributed by atoms with E-state index >= 15 is 0 Å². The van der Waals surface area contributed by atoms with E-state index in [1.807, 2.05) is 38.1 Å². The molecule has 5 heteroatoms. The summed E-state index contributed by atoms with van der Waals surface area (Å²) in [5, 5.41) is 4.09. The Balaban J connectivity index is 2.08. The Morgan fingerprint density at radius 3 is 3.00 bits per heavy atom. The number of aromatic nitrogens is 2. The lowest BCUT2D eigenvalue weighted by atomic mass is 10.2. The minimum absolute atomic E-state index is 0.170. The van der Waals surface area contributed by atoms with Crippen LogP contribution < -0.4 is 11.0 Å². The molecule has 20 heavy (non-hydrogen) atoms. The molecule has 0 atom stereocenters. The molecule has 1 aromatic heterocycles. The molecule has 0 unspecified atom stereocenters. The summed E-state index contributed by atoms with van der Waals surface area (Å²) in [7, 11) is 0. The summed E-state index contributed by atoms with van der Waals surface area (Å²) in [5.41, 5.74) is 5.52. The van der Waals surface area contributed by atoms with Crippen LogP contribution in [0.3, 0.4) is 0 Å². The maximum atomic E-state index is 11.5. The second-order valence-electron chi connectivity index (χ2n) is 4.62. The number of aryl methyl sites for hydroxylation is 2. The summed E-state index contributed by atoms with van der Waals surface area (Å²) in [4.78, 5) is 18.4. The van der Waals surface area contributed by atoms with Gasteiger partial charge in [0.15, 0.2) is 0 Å². The summed E-state index contributed by atoms with van der Waals surface area (Å²) >= 11 is 0. The average Bonchev–Trinajstić information content (AvgIpc) is 2.38. The smallest absolute Gasteiger partial charge is 0.252 e. The molecule has 0 fully saturated rings. The number of aromatic amines is 1. The van der Waals surface area contributed by atoms with Crippen molar-refractivity contribution in [1.29, 1.82) is 0 Å². The van der Waals surface area contributed by atoms with Crippen molar-refractivity contribution in [3.8, 4) is 0 Å². The molecule has 0 radical (unpaired) electrons. The van der Waals surface area contributed by atoms with Crippen LogP contribution in [0.5, 0.6) is 0 Å². The van der Waals surface area contributed by atoms with Gasteiger partial charge < -0.3 is 0 Å². The van der Waals surface area contributed by atoms with E-state index in [2.05, 4.69) is 20.5 Å². The molecule has 0 aliphatic carbocycles. The number of anilines is 1. The zero-order chi connectivity index (χ0) is 14.4. The van der Waals surface area contributed by atoms with Gasteiger partial charge in [-0.15, -0.1) is 0 Å². The van der Waals surface area contributed by atoms with Gasteiger partial charge in [0.2, 0.25) is 5.95 Å². The fourth-order valence-corrected chi connectivity index (χ4v) is 1.86. The maximum absolute atomic E-state index is 11.5. The molecule has 1 heterocycles. The minimum atomic E-state index is -0.170. The number of nitrogens with zero attached hydrogens (tertiary/aromatic N) is 2. The molecule has 1 aromatic carbocycles. The van der Waals surface area contributed by atoms with Crippen molar-refractivity contribution in [2.75, 3.05) is 5.43 Å². The van der Waals surface area contributed by atoms with Crippen molar-refractivity contribution in [2.45, 2.75) is 26.7 Å². The first kappa shape index (κ1) is 14.0. The molecule has 0 aliphatic heterocycles. The van der Waals surface area contributed by atoms with Gasteiger partial charge in [-0.1, -0.05) is 43.2 Å². The zero-order valence-corrected chi connectivity index (χ0v) is 11.7. The number of rotatable bonds is 5.